The number of nitrogens with zero attached hydrogens (tertiary/aromatic N) is 1. The third-order valence-corrected chi connectivity index (χ3v) is 4.53. The highest BCUT2D eigenvalue weighted by atomic mass is 16.5. The molecule has 0 aliphatic rings. The maximum absolute atomic E-state index is 12.9. The van der Waals surface area contributed by atoms with Crippen LogP contribution in [-0.4, -0.2) is 22.9 Å². The monoisotopic (exact) mass is 385 g/mol. The van der Waals surface area contributed by atoms with Gasteiger partial charge >= 0.3 is 11.9 Å². The van der Waals surface area contributed by atoms with E-state index in [4.69, 9.17) is 9.47 Å². The van der Waals surface area contributed by atoms with Gasteiger partial charge in [0.25, 0.3) is 0 Å². The fraction of sp³-hybridized carbons (Fsp3) is 0.0833. The van der Waals surface area contributed by atoms with Gasteiger partial charge in [-0.05, 0) is 36.8 Å². The van der Waals surface area contributed by atoms with Crippen molar-refractivity contribution in [2.45, 2.75) is 6.92 Å². The summed E-state index contributed by atoms with van der Waals surface area (Å²) in [5.41, 5.74) is 2.68. The molecule has 0 radical (unpaired) electrons. The number of carbonyl (C=O) groups excluding carboxylic acids is 2. The van der Waals surface area contributed by atoms with Crippen LogP contribution in [0, 0.1) is 0 Å². The molecule has 5 heteroatoms. The SMILES string of the molecule is CCOC(=O)c1c(OC(=O)c2ccccc2)c2ccccn2c1-c1ccccc1. The Balaban J connectivity index is 1.94. The molecule has 0 saturated carbocycles. The zero-order chi connectivity index (χ0) is 20.2. The first-order chi connectivity index (χ1) is 14.2. The van der Waals surface area contributed by atoms with Crippen LogP contribution in [0.3, 0.4) is 0 Å². The van der Waals surface area contributed by atoms with E-state index >= 15 is 0 Å². The van der Waals surface area contributed by atoms with Crippen LogP contribution in [0.2, 0.25) is 0 Å². The predicted molar refractivity (Wildman–Crippen MR) is 110 cm³/mol. The zero-order valence-corrected chi connectivity index (χ0v) is 15.9. The summed E-state index contributed by atoms with van der Waals surface area (Å²) in [6.07, 6.45) is 1.83. The van der Waals surface area contributed by atoms with Crippen molar-refractivity contribution in [2.75, 3.05) is 6.61 Å². The van der Waals surface area contributed by atoms with E-state index in [9.17, 15) is 9.59 Å². The van der Waals surface area contributed by atoms with Crippen LogP contribution in [0.15, 0.2) is 85.1 Å². The molecule has 0 unspecified atom stereocenters. The molecule has 0 fully saturated rings. The van der Waals surface area contributed by atoms with Gasteiger partial charge in [-0.1, -0.05) is 54.6 Å². The van der Waals surface area contributed by atoms with E-state index in [1.54, 1.807) is 31.2 Å². The summed E-state index contributed by atoms with van der Waals surface area (Å²) < 4.78 is 12.9. The van der Waals surface area contributed by atoms with Gasteiger partial charge in [0.1, 0.15) is 5.56 Å². The fourth-order valence-electron chi connectivity index (χ4n) is 3.28. The topological polar surface area (TPSA) is 57.0 Å². The minimum atomic E-state index is -0.536. The number of pyridine rings is 1. The average molecular weight is 385 g/mol. The number of benzene rings is 2. The van der Waals surface area contributed by atoms with Crippen LogP contribution in [0.25, 0.3) is 16.8 Å². The summed E-state index contributed by atoms with van der Waals surface area (Å²) in [6.45, 7) is 1.96. The summed E-state index contributed by atoms with van der Waals surface area (Å²) in [4.78, 5) is 25.7. The smallest absolute Gasteiger partial charge is 0.344 e. The Morgan fingerprint density at radius 3 is 2.17 bits per heavy atom. The number of rotatable bonds is 5. The van der Waals surface area contributed by atoms with Gasteiger partial charge in [-0.3, -0.25) is 0 Å². The Hall–Kier alpha value is -3.86. The lowest BCUT2D eigenvalue weighted by molar-refractivity contribution is 0.0522. The van der Waals surface area contributed by atoms with Crippen molar-refractivity contribution >= 4 is 17.5 Å². The highest BCUT2D eigenvalue weighted by Gasteiger charge is 2.28. The van der Waals surface area contributed by atoms with Gasteiger partial charge < -0.3 is 13.9 Å². The zero-order valence-electron chi connectivity index (χ0n) is 15.9. The molecule has 2 heterocycles. The van der Waals surface area contributed by atoms with Gasteiger partial charge in [0.05, 0.1) is 23.4 Å². The standard InChI is InChI=1S/C24H19NO4/c1-2-28-24(27)20-21(17-11-5-3-6-12-17)25-16-10-9-15-19(25)22(20)29-23(26)18-13-7-4-8-14-18/h3-16H,2H2,1H3. The first kappa shape index (κ1) is 18.5. The van der Waals surface area contributed by atoms with Gasteiger partial charge in [0.2, 0.25) is 0 Å². The van der Waals surface area contributed by atoms with Crippen molar-refractivity contribution in [2.24, 2.45) is 0 Å². The van der Waals surface area contributed by atoms with Gasteiger partial charge in [-0.15, -0.1) is 0 Å². The quantitative estimate of drug-likeness (QED) is 0.454. The van der Waals surface area contributed by atoms with E-state index in [2.05, 4.69) is 0 Å². The fourth-order valence-corrected chi connectivity index (χ4v) is 3.28. The molecule has 0 aliphatic carbocycles. The second kappa shape index (κ2) is 8.02. The molecule has 4 aromatic rings. The average Bonchev–Trinajstić information content (AvgIpc) is 3.09. The lowest BCUT2D eigenvalue weighted by atomic mass is 10.1. The third kappa shape index (κ3) is 3.50. The molecular formula is C24H19NO4. The number of hydrogen-bond acceptors (Lipinski definition) is 4. The van der Waals surface area contributed by atoms with Crippen molar-refractivity contribution < 1.29 is 19.1 Å². The van der Waals surface area contributed by atoms with E-state index in [1.807, 2.05) is 65.2 Å². The van der Waals surface area contributed by atoms with E-state index in [1.165, 1.54) is 0 Å². The maximum atomic E-state index is 12.9. The van der Waals surface area contributed by atoms with Gasteiger partial charge in [-0.2, -0.15) is 0 Å². The lowest BCUT2D eigenvalue weighted by Crippen LogP contribution is -2.12. The Morgan fingerprint density at radius 2 is 1.48 bits per heavy atom. The van der Waals surface area contributed by atoms with Crippen LogP contribution in [0.4, 0.5) is 0 Å². The summed E-state index contributed by atoms with van der Waals surface area (Å²) in [5, 5.41) is 0. The number of fused-ring (bicyclic) bond motifs is 1. The molecule has 144 valence electrons. The highest BCUT2D eigenvalue weighted by molar-refractivity contribution is 6.05. The Kier molecular flexibility index (Phi) is 5.12. The van der Waals surface area contributed by atoms with Crippen LogP contribution in [0.5, 0.6) is 5.75 Å². The van der Waals surface area contributed by atoms with E-state index in [0.717, 1.165) is 5.56 Å². The lowest BCUT2D eigenvalue weighted by Gasteiger charge is -2.08. The number of hydrogen-bond donors (Lipinski definition) is 0. The predicted octanol–water partition coefficient (Wildman–Crippen LogP) is 5.00. The van der Waals surface area contributed by atoms with E-state index in [-0.39, 0.29) is 17.9 Å². The largest absolute Gasteiger partial charge is 0.462 e. The van der Waals surface area contributed by atoms with Gasteiger partial charge in [-0.25, -0.2) is 9.59 Å². The molecule has 0 amide bonds. The van der Waals surface area contributed by atoms with Crippen molar-refractivity contribution in [3.8, 4) is 17.0 Å². The molecule has 0 N–H and O–H groups in total. The van der Waals surface area contributed by atoms with E-state index in [0.29, 0.717) is 16.8 Å². The minimum absolute atomic E-state index is 0.191. The molecule has 5 nitrogen and oxygen atoms in total. The number of aromatic nitrogens is 1. The molecule has 0 bridgehead atoms. The molecule has 0 aliphatic heterocycles. The van der Waals surface area contributed by atoms with Crippen molar-refractivity contribution in [3.05, 3.63) is 96.2 Å². The second-order valence-corrected chi connectivity index (χ2v) is 6.35. The second-order valence-electron chi connectivity index (χ2n) is 6.35. The number of carbonyl (C=O) groups is 2. The Morgan fingerprint density at radius 1 is 0.828 bits per heavy atom. The first-order valence-corrected chi connectivity index (χ1v) is 9.33. The molecule has 4 rings (SSSR count). The molecule has 0 atom stereocenters. The van der Waals surface area contributed by atoms with E-state index < -0.39 is 11.9 Å². The van der Waals surface area contributed by atoms with Crippen molar-refractivity contribution in [3.63, 3.8) is 0 Å². The Bertz CT molecular complexity index is 1160. The third-order valence-electron chi connectivity index (χ3n) is 4.53. The summed E-state index contributed by atoms with van der Waals surface area (Å²) in [6, 6.07) is 23.7. The molecule has 29 heavy (non-hydrogen) atoms. The summed E-state index contributed by atoms with van der Waals surface area (Å²) in [7, 11) is 0. The van der Waals surface area contributed by atoms with Crippen LogP contribution < -0.4 is 4.74 Å². The van der Waals surface area contributed by atoms with Crippen molar-refractivity contribution in [1.82, 2.24) is 4.40 Å². The maximum Gasteiger partial charge on any atom is 0.344 e. The van der Waals surface area contributed by atoms with Crippen molar-refractivity contribution in [1.29, 1.82) is 0 Å². The highest BCUT2D eigenvalue weighted by Crippen LogP contribution is 2.38. The van der Waals surface area contributed by atoms with Crippen LogP contribution in [0.1, 0.15) is 27.6 Å². The Labute approximate surface area is 168 Å². The number of ether oxygens (including phenoxy) is 2. The molecule has 0 saturated heterocycles. The normalized spacial score (nSPS) is 10.7. The molecular weight excluding hydrogens is 366 g/mol. The van der Waals surface area contributed by atoms with Gasteiger partial charge in [0, 0.05) is 6.20 Å². The van der Waals surface area contributed by atoms with Crippen LogP contribution >= 0.6 is 0 Å². The first-order valence-electron chi connectivity index (χ1n) is 9.33. The minimum Gasteiger partial charge on any atom is -0.462 e. The van der Waals surface area contributed by atoms with Gasteiger partial charge in [0.15, 0.2) is 5.75 Å². The number of esters is 2. The summed E-state index contributed by atoms with van der Waals surface area (Å²) in [5.74, 6) is -0.880. The molecule has 2 aromatic heterocycles. The summed E-state index contributed by atoms with van der Waals surface area (Å²) >= 11 is 0. The van der Waals surface area contributed by atoms with Crippen LogP contribution in [-0.2, 0) is 4.74 Å². The molecule has 2 aromatic carbocycles. The molecule has 0 spiro atoms.